The van der Waals surface area contributed by atoms with Gasteiger partial charge >= 0.3 is 0 Å². The van der Waals surface area contributed by atoms with Gasteiger partial charge in [-0.15, -0.1) is 0 Å². The van der Waals surface area contributed by atoms with Crippen molar-refractivity contribution >= 4 is 0 Å². The molecule has 0 unspecified atom stereocenters. The van der Waals surface area contributed by atoms with Crippen molar-refractivity contribution in [1.29, 1.82) is 0 Å². The summed E-state index contributed by atoms with van der Waals surface area (Å²) in [7, 11) is 0. The SMILES string of the molecule is CCCC.Fc1cncc(F)c1. The van der Waals surface area contributed by atoms with Crippen LogP contribution in [-0.4, -0.2) is 4.98 Å². The van der Waals surface area contributed by atoms with Crippen LogP contribution in [0.15, 0.2) is 18.5 Å². The summed E-state index contributed by atoms with van der Waals surface area (Å²) in [5.41, 5.74) is 0. The minimum atomic E-state index is -0.648. The van der Waals surface area contributed by atoms with Gasteiger partial charge in [-0.3, -0.25) is 4.98 Å². The molecular weight excluding hydrogens is 160 g/mol. The third-order valence-electron chi connectivity index (χ3n) is 1.17. The van der Waals surface area contributed by atoms with E-state index in [1.54, 1.807) is 0 Å². The molecule has 0 bridgehead atoms. The molecule has 68 valence electrons. The Morgan fingerprint density at radius 3 is 1.67 bits per heavy atom. The highest BCUT2D eigenvalue weighted by Gasteiger charge is 1.89. The summed E-state index contributed by atoms with van der Waals surface area (Å²) in [5.74, 6) is -1.30. The van der Waals surface area contributed by atoms with Gasteiger partial charge in [0.2, 0.25) is 0 Å². The highest BCUT2D eigenvalue weighted by molar-refractivity contribution is 4.95. The first-order valence-corrected chi connectivity index (χ1v) is 3.96. The van der Waals surface area contributed by atoms with Gasteiger partial charge in [-0.25, -0.2) is 8.78 Å². The largest absolute Gasteiger partial charge is 0.259 e. The maximum absolute atomic E-state index is 11.9. The Balaban J connectivity index is 0.000000261. The molecule has 1 aromatic heterocycles. The Morgan fingerprint density at radius 1 is 1.08 bits per heavy atom. The molecule has 1 rings (SSSR count). The van der Waals surface area contributed by atoms with Gasteiger partial charge in [0, 0.05) is 6.07 Å². The molecule has 12 heavy (non-hydrogen) atoms. The van der Waals surface area contributed by atoms with Gasteiger partial charge in [0.1, 0.15) is 11.6 Å². The number of unbranched alkanes of at least 4 members (excludes halogenated alkanes) is 1. The van der Waals surface area contributed by atoms with Crippen molar-refractivity contribution in [3.63, 3.8) is 0 Å². The fourth-order valence-corrected chi connectivity index (χ4v) is 0.386. The van der Waals surface area contributed by atoms with Crippen molar-refractivity contribution < 1.29 is 8.78 Å². The van der Waals surface area contributed by atoms with Gasteiger partial charge in [-0.1, -0.05) is 26.7 Å². The smallest absolute Gasteiger partial charge is 0.144 e. The second-order valence-electron chi connectivity index (χ2n) is 2.32. The first-order valence-electron chi connectivity index (χ1n) is 3.96. The summed E-state index contributed by atoms with van der Waals surface area (Å²) >= 11 is 0. The molecule has 0 aliphatic rings. The van der Waals surface area contributed by atoms with Crippen molar-refractivity contribution in [3.8, 4) is 0 Å². The van der Waals surface area contributed by atoms with E-state index in [1.807, 2.05) is 0 Å². The van der Waals surface area contributed by atoms with E-state index in [1.165, 1.54) is 12.8 Å². The van der Waals surface area contributed by atoms with E-state index in [9.17, 15) is 8.78 Å². The highest BCUT2D eigenvalue weighted by Crippen LogP contribution is 1.95. The first kappa shape index (κ1) is 11.0. The normalized spacial score (nSPS) is 8.67. The number of halogens is 2. The molecule has 0 fully saturated rings. The van der Waals surface area contributed by atoms with Crippen LogP contribution >= 0.6 is 0 Å². The van der Waals surface area contributed by atoms with Crippen molar-refractivity contribution in [2.24, 2.45) is 0 Å². The molecule has 1 aromatic rings. The molecule has 1 heterocycles. The first-order chi connectivity index (χ1) is 5.70. The third-order valence-corrected chi connectivity index (χ3v) is 1.17. The molecule has 3 heteroatoms. The lowest BCUT2D eigenvalue weighted by molar-refractivity contribution is 0.573. The van der Waals surface area contributed by atoms with Crippen LogP contribution in [0.25, 0.3) is 0 Å². The van der Waals surface area contributed by atoms with Gasteiger partial charge < -0.3 is 0 Å². The van der Waals surface area contributed by atoms with E-state index in [0.717, 1.165) is 18.5 Å². The summed E-state index contributed by atoms with van der Waals surface area (Å²) in [6.45, 7) is 4.36. The van der Waals surface area contributed by atoms with Crippen molar-refractivity contribution in [1.82, 2.24) is 4.98 Å². The van der Waals surface area contributed by atoms with Crippen LogP contribution in [0.1, 0.15) is 26.7 Å². The number of rotatable bonds is 1. The van der Waals surface area contributed by atoms with Crippen LogP contribution in [0, 0.1) is 11.6 Å². The molecule has 0 spiro atoms. The molecule has 0 saturated carbocycles. The highest BCUT2D eigenvalue weighted by atomic mass is 19.1. The van der Waals surface area contributed by atoms with Crippen LogP contribution in [-0.2, 0) is 0 Å². The van der Waals surface area contributed by atoms with Crippen LogP contribution in [0.5, 0.6) is 0 Å². The van der Waals surface area contributed by atoms with Gasteiger partial charge in [0.05, 0.1) is 12.4 Å². The minimum Gasteiger partial charge on any atom is -0.259 e. The standard InChI is InChI=1S/C5H3F2N.C4H10/c6-4-1-5(7)3-8-2-4;1-3-4-2/h1-3H;3-4H2,1-2H3. The maximum atomic E-state index is 11.9. The topological polar surface area (TPSA) is 12.9 Å². The lowest BCUT2D eigenvalue weighted by Gasteiger charge is -1.83. The van der Waals surface area contributed by atoms with E-state index in [4.69, 9.17) is 0 Å². The molecule has 0 amide bonds. The lowest BCUT2D eigenvalue weighted by atomic mass is 10.4. The van der Waals surface area contributed by atoms with Crippen LogP contribution in [0.2, 0.25) is 0 Å². The van der Waals surface area contributed by atoms with Crippen LogP contribution < -0.4 is 0 Å². The molecule has 0 aliphatic heterocycles. The zero-order valence-corrected chi connectivity index (χ0v) is 7.35. The average Bonchev–Trinajstić information content (AvgIpc) is 2.04. The third kappa shape index (κ3) is 5.77. The predicted octanol–water partition coefficient (Wildman–Crippen LogP) is 3.17. The fourth-order valence-electron chi connectivity index (χ4n) is 0.386. The van der Waals surface area contributed by atoms with Gasteiger partial charge in [0.25, 0.3) is 0 Å². The number of hydrogen-bond acceptors (Lipinski definition) is 1. The predicted molar refractivity (Wildman–Crippen MR) is 44.7 cm³/mol. The molecular formula is C9H13F2N. The number of hydrogen-bond donors (Lipinski definition) is 0. The Labute approximate surface area is 71.4 Å². The van der Waals surface area contributed by atoms with Crippen molar-refractivity contribution in [2.75, 3.05) is 0 Å². The summed E-state index contributed by atoms with van der Waals surface area (Å²) in [6.07, 6.45) is 4.53. The van der Waals surface area contributed by atoms with E-state index in [0.29, 0.717) is 0 Å². The molecule has 1 nitrogen and oxygen atoms in total. The summed E-state index contributed by atoms with van der Waals surface area (Å²) in [5, 5.41) is 0. The lowest BCUT2D eigenvalue weighted by Crippen LogP contribution is -1.78. The molecule has 0 aliphatic carbocycles. The zero-order chi connectivity index (χ0) is 9.40. The molecule has 0 aromatic carbocycles. The van der Waals surface area contributed by atoms with Crippen LogP contribution in [0.3, 0.4) is 0 Å². The minimum absolute atomic E-state index is 0.648. The second kappa shape index (κ2) is 6.70. The summed E-state index contributed by atoms with van der Waals surface area (Å²) in [4.78, 5) is 3.23. The summed E-state index contributed by atoms with van der Waals surface area (Å²) in [6, 6.07) is 0.771. The number of aromatic nitrogens is 1. The van der Waals surface area contributed by atoms with E-state index in [2.05, 4.69) is 18.8 Å². The number of pyridine rings is 1. The van der Waals surface area contributed by atoms with Gasteiger partial charge in [0.15, 0.2) is 0 Å². The van der Waals surface area contributed by atoms with E-state index in [-0.39, 0.29) is 0 Å². The molecule has 0 radical (unpaired) electrons. The Morgan fingerprint density at radius 2 is 1.50 bits per heavy atom. The maximum Gasteiger partial charge on any atom is 0.144 e. The monoisotopic (exact) mass is 173 g/mol. The molecule has 0 atom stereocenters. The Hall–Kier alpha value is -0.990. The van der Waals surface area contributed by atoms with E-state index >= 15 is 0 Å². The quantitative estimate of drug-likeness (QED) is 0.635. The number of nitrogens with zero attached hydrogens (tertiary/aromatic N) is 1. The fraction of sp³-hybridized carbons (Fsp3) is 0.444. The average molecular weight is 173 g/mol. The van der Waals surface area contributed by atoms with Crippen molar-refractivity contribution in [3.05, 3.63) is 30.1 Å². The molecule has 0 saturated heterocycles. The van der Waals surface area contributed by atoms with Gasteiger partial charge in [-0.05, 0) is 0 Å². The van der Waals surface area contributed by atoms with E-state index < -0.39 is 11.6 Å². The zero-order valence-electron chi connectivity index (χ0n) is 7.35. The van der Waals surface area contributed by atoms with Crippen molar-refractivity contribution in [2.45, 2.75) is 26.7 Å². The van der Waals surface area contributed by atoms with Crippen LogP contribution in [0.4, 0.5) is 8.78 Å². The summed E-state index contributed by atoms with van der Waals surface area (Å²) < 4.78 is 23.7. The Bertz CT molecular complexity index is 194. The Kier molecular flexibility index (Phi) is 6.15. The van der Waals surface area contributed by atoms with Gasteiger partial charge in [-0.2, -0.15) is 0 Å². The second-order valence-corrected chi connectivity index (χ2v) is 2.32. The molecule has 0 N–H and O–H groups in total.